The molecular formula is C14H17ClN2O. The lowest BCUT2D eigenvalue weighted by Crippen LogP contribution is -2.16. The Hall–Kier alpha value is -1.03. The van der Waals surface area contributed by atoms with Crippen LogP contribution in [0.4, 0.5) is 0 Å². The first-order valence-electron chi connectivity index (χ1n) is 6.33. The Balaban J connectivity index is 2.03. The van der Waals surface area contributed by atoms with Gasteiger partial charge in [-0.2, -0.15) is 0 Å². The van der Waals surface area contributed by atoms with Crippen LogP contribution in [0.15, 0.2) is 24.3 Å². The maximum atomic E-state index is 6.06. The van der Waals surface area contributed by atoms with Crippen LogP contribution < -0.4 is 5.32 Å². The molecule has 1 aromatic carbocycles. The van der Waals surface area contributed by atoms with Crippen LogP contribution in [-0.4, -0.2) is 24.3 Å². The number of aromatic nitrogens is 1. The van der Waals surface area contributed by atoms with E-state index < -0.39 is 0 Å². The Morgan fingerprint density at radius 3 is 3.11 bits per heavy atom. The molecule has 4 heteroatoms. The van der Waals surface area contributed by atoms with Crippen molar-refractivity contribution in [2.45, 2.75) is 12.5 Å². The zero-order valence-electron chi connectivity index (χ0n) is 10.4. The minimum absolute atomic E-state index is 0.177. The summed E-state index contributed by atoms with van der Waals surface area (Å²) < 4.78 is 8.10. The molecule has 2 heterocycles. The summed E-state index contributed by atoms with van der Waals surface area (Å²) in [6.45, 7) is 2.71. The third-order valence-corrected chi connectivity index (χ3v) is 3.79. The van der Waals surface area contributed by atoms with Crippen molar-refractivity contribution < 1.29 is 4.74 Å². The van der Waals surface area contributed by atoms with Crippen LogP contribution >= 0.6 is 11.6 Å². The summed E-state index contributed by atoms with van der Waals surface area (Å²) in [5.74, 6) is 0. The Morgan fingerprint density at radius 1 is 1.33 bits per heavy atom. The molecule has 0 aliphatic carbocycles. The molecule has 0 radical (unpaired) electrons. The van der Waals surface area contributed by atoms with Gasteiger partial charge in [-0.3, -0.25) is 0 Å². The zero-order chi connectivity index (χ0) is 12.5. The van der Waals surface area contributed by atoms with Gasteiger partial charge in [-0.15, -0.1) is 0 Å². The first-order valence-corrected chi connectivity index (χ1v) is 6.71. The van der Waals surface area contributed by atoms with E-state index in [4.69, 9.17) is 16.3 Å². The molecule has 3 rings (SSSR count). The first kappa shape index (κ1) is 12.0. The Labute approximate surface area is 112 Å². The van der Waals surface area contributed by atoms with Crippen LogP contribution in [0.2, 0.25) is 5.02 Å². The molecule has 0 bridgehead atoms. The minimum Gasteiger partial charge on any atom is -0.371 e. The van der Waals surface area contributed by atoms with Crippen molar-refractivity contribution >= 4 is 22.5 Å². The van der Waals surface area contributed by atoms with Gasteiger partial charge >= 0.3 is 0 Å². The Bertz CT molecular complexity index is 556. The highest BCUT2D eigenvalue weighted by Crippen LogP contribution is 2.29. The number of nitrogens with zero attached hydrogens (tertiary/aromatic N) is 1. The van der Waals surface area contributed by atoms with Crippen LogP contribution in [0.5, 0.6) is 0 Å². The molecular weight excluding hydrogens is 248 g/mol. The summed E-state index contributed by atoms with van der Waals surface area (Å²) in [5.41, 5.74) is 2.40. The second-order valence-electron chi connectivity index (χ2n) is 4.73. The highest BCUT2D eigenvalue weighted by Gasteiger charge is 2.19. The number of rotatable bonds is 1. The summed E-state index contributed by atoms with van der Waals surface area (Å²) in [6, 6.07) is 8.22. The summed E-state index contributed by atoms with van der Waals surface area (Å²) in [7, 11) is 2.08. The molecule has 1 N–H and O–H groups in total. The summed E-state index contributed by atoms with van der Waals surface area (Å²) >= 11 is 6.06. The van der Waals surface area contributed by atoms with Crippen LogP contribution in [0.25, 0.3) is 10.9 Å². The third kappa shape index (κ3) is 2.14. The van der Waals surface area contributed by atoms with E-state index in [2.05, 4.69) is 29.1 Å². The minimum atomic E-state index is 0.177. The van der Waals surface area contributed by atoms with Crippen molar-refractivity contribution in [2.75, 3.05) is 19.7 Å². The van der Waals surface area contributed by atoms with Gasteiger partial charge in [0.2, 0.25) is 0 Å². The number of benzene rings is 1. The first-order chi connectivity index (χ1) is 8.75. The highest BCUT2D eigenvalue weighted by atomic mass is 35.5. The van der Waals surface area contributed by atoms with Crippen molar-refractivity contribution in [1.82, 2.24) is 9.88 Å². The molecule has 18 heavy (non-hydrogen) atoms. The molecule has 3 nitrogen and oxygen atoms in total. The van der Waals surface area contributed by atoms with E-state index >= 15 is 0 Å². The van der Waals surface area contributed by atoms with Gasteiger partial charge in [-0.05, 0) is 31.2 Å². The number of ether oxygens (including phenoxy) is 1. The fourth-order valence-electron chi connectivity index (χ4n) is 2.58. The molecule has 1 saturated heterocycles. The average Bonchev–Trinajstić information content (AvgIpc) is 2.59. The Morgan fingerprint density at radius 2 is 2.22 bits per heavy atom. The van der Waals surface area contributed by atoms with Crippen LogP contribution in [0.1, 0.15) is 18.2 Å². The summed E-state index contributed by atoms with van der Waals surface area (Å²) in [4.78, 5) is 0. The van der Waals surface area contributed by atoms with Gasteiger partial charge in [0.1, 0.15) is 0 Å². The predicted molar refractivity (Wildman–Crippen MR) is 74.1 cm³/mol. The molecule has 1 aliphatic rings. The quantitative estimate of drug-likeness (QED) is 0.857. The fraction of sp³-hybridized carbons (Fsp3) is 0.429. The lowest BCUT2D eigenvalue weighted by atomic mass is 10.1. The smallest absolute Gasteiger partial charge is 0.0987 e. The molecule has 1 fully saturated rings. The Kier molecular flexibility index (Phi) is 3.29. The number of nitrogens with one attached hydrogen (secondary N) is 1. The largest absolute Gasteiger partial charge is 0.371 e. The molecule has 0 spiro atoms. The molecule has 1 aliphatic heterocycles. The van der Waals surface area contributed by atoms with Crippen molar-refractivity contribution in [2.24, 2.45) is 7.05 Å². The van der Waals surface area contributed by atoms with Crippen molar-refractivity contribution in [3.8, 4) is 0 Å². The van der Waals surface area contributed by atoms with E-state index in [1.165, 1.54) is 16.6 Å². The topological polar surface area (TPSA) is 26.2 Å². The van der Waals surface area contributed by atoms with Crippen LogP contribution in [-0.2, 0) is 11.8 Å². The molecule has 0 amide bonds. The van der Waals surface area contributed by atoms with Gasteiger partial charge in [0.25, 0.3) is 0 Å². The van der Waals surface area contributed by atoms with Crippen molar-refractivity contribution in [1.29, 1.82) is 0 Å². The van der Waals surface area contributed by atoms with Gasteiger partial charge in [0.05, 0.1) is 12.7 Å². The van der Waals surface area contributed by atoms with E-state index in [9.17, 15) is 0 Å². The van der Waals surface area contributed by atoms with E-state index in [0.717, 1.165) is 31.1 Å². The van der Waals surface area contributed by atoms with E-state index in [1.807, 2.05) is 12.1 Å². The van der Waals surface area contributed by atoms with Gasteiger partial charge in [0.15, 0.2) is 0 Å². The van der Waals surface area contributed by atoms with Gasteiger partial charge in [-0.1, -0.05) is 17.7 Å². The molecule has 2 aromatic rings. The normalized spacial score (nSPS) is 21.1. The number of hydrogen-bond acceptors (Lipinski definition) is 2. The summed E-state index contributed by atoms with van der Waals surface area (Å²) in [6.07, 6.45) is 1.19. The zero-order valence-corrected chi connectivity index (χ0v) is 11.2. The fourth-order valence-corrected chi connectivity index (χ4v) is 2.75. The second kappa shape index (κ2) is 4.92. The lowest BCUT2D eigenvalue weighted by molar-refractivity contribution is 0.0597. The van der Waals surface area contributed by atoms with Crippen LogP contribution in [0.3, 0.4) is 0 Å². The van der Waals surface area contributed by atoms with Gasteiger partial charge in [0, 0.05) is 35.2 Å². The molecule has 1 aromatic heterocycles. The average molecular weight is 265 g/mol. The maximum absolute atomic E-state index is 6.06. The third-order valence-electron chi connectivity index (χ3n) is 3.56. The number of hydrogen-bond donors (Lipinski definition) is 1. The van der Waals surface area contributed by atoms with E-state index in [1.54, 1.807) is 0 Å². The molecule has 0 saturated carbocycles. The van der Waals surface area contributed by atoms with E-state index in [0.29, 0.717) is 0 Å². The van der Waals surface area contributed by atoms with Crippen LogP contribution in [0, 0.1) is 0 Å². The van der Waals surface area contributed by atoms with Gasteiger partial charge in [-0.25, -0.2) is 0 Å². The number of halogens is 1. The monoisotopic (exact) mass is 264 g/mol. The molecule has 1 unspecified atom stereocenters. The van der Waals surface area contributed by atoms with Crippen molar-refractivity contribution in [3.63, 3.8) is 0 Å². The maximum Gasteiger partial charge on any atom is 0.0987 e. The number of aryl methyl sites for hydroxylation is 1. The van der Waals surface area contributed by atoms with Crippen molar-refractivity contribution in [3.05, 3.63) is 35.0 Å². The van der Waals surface area contributed by atoms with Gasteiger partial charge < -0.3 is 14.6 Å². The summed E-state index contributed by atoms with van der Waals surface area (Å²) in [5, 5.41) is 5.35. The second-order valence-corrected chi connectivity index (χ2v) is 5.17. The molecule has 96 valence electrons. The number of fused-ring (bicyclic) bond motifs is 1. The highest BCUT2D eigenvalue weighted by molar-refractivity contribution is 6.31. The molecule has 1 atom stereocenters. The standard InChI is InChI=1S/C14H17ClN2O/c1-17-12-9-11(15)3-2-10(12)8-13(17)14-4-5-16-6-7-18-14/h2-3,8-9,14,16H,4-7H2,1H3. The predicted octanol–water partition coefficient (Wildman–Crippen LogP) is 2.88. The lowest BCUT2D eigenvalue weighted by Gasteiger charge is -2.15. The van der Waals surface area contributed by atoms with E-state index in [-0.39, 0.29) is 6.10 Å². The SMILES string of the molecule is Cn1c(C2CCNCCO2)cc2ccc(Cl)cc21.